The molecule has 7 heteroatoms. The third-order valence-corrected chi connectivity index (χ3v) is 9.40. The number of rotatable bonds is 2. The average molecular weight is 568 g/mol. The molecule has 0 aromatic heterocycles. The first-order chi connectivity index (χ1) is 19.4. The molecule has 1 fully saturated rings. The van der Waals surface area contributed by atoms with Crippen LogP contribution in [0.1, 0.15) is 74.5 Å². The number of aliphatic carboxylic acids is 1. The summed E-state index contributed by atoms with van der Waals surface area (Å²) < 4.78 is 12.4. The number of aryl methyl sites for hydroxylation is 1. The number of allylic oxidation sites excluding steroid dienone is 1. The van der Waals surface area contributed by atoms with E-state index in [1.807, 2.05) is 37.4 Å². The van der Waals surface area contributed by atoms with E-state index in [0.29, 0.717) is 36.2 Å². The Labute approximate surface area is 242 Å². The van der Waals surface area contributed by atoms with Crippen LogP contribution in [0.5, 0.6) is 5.75 Å². The van der Waals surface area contributed by atoms with Crippen molar-refractivity contribution in [1.82, 2.24) is 0 Å². The number of hydrogen-bond donors (Lipinski definition) is 2. The lowest BCUT2D eigenvalue weighted by atomic mass is 9.70. The van der Waals surface area contributed by atoms with Crippen molar-refractivity contribution in [2.24, 2.45) is 11.8 Å². The summed E-state index contributed by atoms with van der Waals surface area (Å²) in [5, 5.41) is 22.4. The van der Waals surface area contributed by atoms with Crippen molar-refractivity contribution in [3.8, 4) is 5.75 Å². The van der Waals surface area contributed by atoms with Gasteiger partial charge in [0, 0.05) is 25.2 Å². The maximum Gasteiger partial charge on any atom is 0.340 e. The zero-order valence-corrected chi connectivity index (χ0v) is 24.2. The van der Waals surface area contributed by atoms with Gasteiger partial charge >= 0.3 is 5.97 Å². The maximum absolute atomic E-state index is 12.4. The van der Waals surface area contributed by atoms with E-state index in [2.05, 4.69) is 17.1 Å². The Morgan fingerprint density at radius 2 is 1.95 bits per heavy atom. The lowest BCUT2D eigenvalue weighted by Gasteiger charge is -2.43. The SMILES string of the molecule is CO[C@H]1/C=C/CCCCC[C@](O)(C(=O)O)c2ccc3c(c2)N(CCCCc2cc(Cl)ccc2CO3)C[C@@H]2CC[C@H]21. The van der Waals surface area contributed by atoms with E-state index in [0.717, 1.165) is 80.7 Å². The molecule has 2 N–H and O–H groups in total. The minimum Gasteiger partial charge on any atom is -0.487 e. The fraction of sp³-hybridized carbons (Fsp3) is 0.545. The van der Waals surface area contributed by atoms with Gasteiger partial charge in [0.15, 0.2) is 5.60 Å². The van der Waals surface area contributed by atoms with Crippen LogP contribution in [0.3, 0.4) is 0 Å². The molecule has 40 heavy (non-hydrogen) atoms. The molecule has 0 radical (unpaired) electrons. The molecule has 6 nitrogen and oxygen atoms in total. The lowest BCUT2D eigenvalue weighted by Crippen LogP contribution is -2.44. The van der Waals surface area contributed by atoms with Gasteiger partial charge in [0.1, 0.15) is 12.4 Å². The molecule has 5 rings (SSSR count). The fourth-order valence-electron chi connectivity index (χ4n) is 6.55. The van der Waals surface area contributed by atoms with E-state index in [1.54, 1.807) is 6.07 Å². The monoisotopic (exact) mass is 567 g/mol. The van der Waals surface area contributed by atoms with Crippen LogP contribution in [-0.4, -0.2) is 42.5 Å². The highest BCUT2D eigenvalue weighted by molar-refractivity contribution is 6.30. The molecule has 0 spiro atoms. The number of aliphatic hydroxyl groups is 1. The van der Waals surface area contributed by atoms with Crippen LogP contribution in [0, 0.1) is 11.8 Å². The van der Waals surface area contributed by atoms with Gasteiger partial charge in [-0.3, -0.25) is 0 Å². The Bertz CT molecular complexity index is 1220. The van der Waals surface area contributed by atoms with Crippen LogP contribution in [0.15, 0.2) is 48.6 Å². The standard InChI is InChI=1S/C33H42ClNO5/c1-39-30-10-5-3-2-4-7-17-33(38,32(36)37)26-13-16-31-29(20-26)35(21-24-12-15-28(24)30)18-8-6-9-23-19-27(34)14-11-25(23)22-40-31/h5,10-11,13-14,16,19-20,24,28,30,38H,2-4,6-9,12,15,17-18,21-22H2,1H3,(H,36,37)/b10-5+/t24-,28+,30-,33+/m0/s1. The number of nitrogens with zero attached hydrogens (tertiary/aromatic N) is 1. The van der Waals surface area contributed by atoms with Gasteiger partial charge < -0.3 is 24.6 Å². The Kier molecular flexibility index (Phi) is 9.39. The number of carboxylic acid groups (broad SMARTS) is 1. The number of hydrogen-bond acceptors (Lipinski definition) is 5. The van der Waals surface area contributed by atoms with Gasteiger partial charge in [-0.25, -0.2) is 4.79 Å². The predicted octanol–water partition coefficient (Wildman–Crippen LogP) is 6.90. The summed E-state index contributed by atoms with van der Waals surface area (Å²) in [5.74, 6) is 0.408. The van der Waals surface area contributed by atoms with Gasteiger partial charge in [0.25, 0.3) is 0 Å². The number of ether oxygens (including phenoxy) is 2. The molecular weight excluding hydrogens is 526 g/mol. The molecule has 2 aromatic rings. The van der Waals surface area contributed by atoms with Gasteiger partial charge in [-0.05, 0) is 111 Å². The summed E-state index contributed by atoms with van der Waals surface area (Å²) in [4.78, 5) is 14.8. The number of fused-ring (bicyclic) bond motifs is 3. The number of carbonyl (C=O) groups is 1. The van der Waals surface area contributed by atoms with Crippen LogP contribution in [0.2, 0.25) is 5.02 Å². The van der Waals surface area contributed by atoms with Crippen LogP contribution < -0.4 is 9.64 Å². The van der Waals surface area contributed by atoms with Crippen molar-refractivity contribution in [2.75, 3.05) is 25.1 Å². The number of halogens is 1. The van der Waals surface area contributed by atoms with Crippen molar-refractivity contribution in [1.29, 1.82) is 0 Å². The number of methoxy groups -OCH3 is 1. The van der Waals surface area contributed by atoms with Crippen molar-refractivity contribution < 1.29 is 24.5 Å². The van der Waals surface area contributed by atoms with Gasteiger partial charge in [0.05, 0.1) is 11.8 Å². The molecule has 1 saturated carbocycles. The normalized spacial score (nSPS) is 28.6. The first-order valence-electron chi connectivity index (χ1n) is 14.8. The molecule has 0 unspecified atom stereocenters. The van der Waals surface area contributed by atoms with Gasteiger partial charge in [0.2, 0.25) is 0 Å². The van der Waals surface area contributed by atoms with Gasteiger partial charge in [-0.15, -0.1) is 0 Å². The summed E-state index contributed by atoms with van der Waals surface area (Å²) in [5.41, 5.74) is 1.65. The summed E-state index contributed by atoms with van der Waals surface area (Å²) in [6.45, 7) is 2.05. The van der Waals surface area contributed by atoms with Crippen molar-refractivity contribution in [2.45, 2.75) is 82.5 Å². The van der Waals surface area contributed by atoms with Crippen LogP contribution >= 0.6 is 11.6 Å². The number of anilines is 1. The second-order valence-corrected chi connectivity index (χ2v) is 12.1. The molecular formula is C33H42ClNO5. The van der Waals surface area contributed by atoms with E-state index < -0.39 is 11.6 Å². The molecule has 3 aliphatic rings. The quantitative estimate of drug-likeness (QED) is 0.384. The Hall–Kier alpha value is -2.54. The van der Waals surface area contributed by atoms with Crippen LogP contribution in [0.4, 0.5) is 5.69 Å². The first kappa shape index (κ1) is 29.0. The minimum atomic E-state index is -1.94. The Balaban J connectivity index is 1.55. The first-order valence-corrected chi connectivity index (χ1v) is 15.2. The molecule has 0 saturated heterocycles. The molecule has 2 heterocycles. The second-order valence-electron chi connectivity index (χ2n) is 11.7. The zero-order valence-electron chi connectivity index (χ0n) is 23.5. The molecule has 2 aliphatic heterocycles. The Morgan fingerprint density at radius 3 is 2.73 bits per heavy atom. The second kappa shape index (κ2) is 13.0. The molecule has 1 aliphatic carbocycles. The average Bonchev–Trinajstić information content (AvgIpc) is 2.96. The number of benzene rings is 2. The summed E-state index contributed by atoms with van der Waals surface area (Å²) in [6, 6.07) is 11.4. The zero-order chi connectivity index (χ0) is 28.1. The summed E-state index contributed by atoms with van der Waals surface area (Å²) >= 11 is 6.32. The van der Waals surface area contributed by atoms with Crippen molar-refractivity contribution in [3.05, 3.63) is 70.3 Å². The minimum absolute atomic E-state index is 0.106. The molecule has 2 bridgehead atoms. The third-order valence-electron chi connectivity index (χ3n) is 9.17. The van der Waals surface area contributed by atoms with E-state index in [1.165, 1.54) is 5.56 Å². The third kappa shape index (κ3) is 6.35. The van der Waals surface area contributed by atoms with Crippen molar-refractivity contribution >= 4 is 23.3 Å². The summed E-state index contributed by atoms with van der Waals surface area (Å²) in [7, 11) is 1.81. The van der Waals surface area contributed by atoms with Gasteiger partial charge in [-0.1, -0.05) is 42.3 Å². The smallest absolute Gasteiger partial charge is 0.340 e. The highest BCUT2D eigenvalue weighted by Crippen LogP contribution is 2.43. The van der Waals surface area contributed by atoms with E-state index >= 15 is 0 Å². The highest BCUT2D eigenvalue weighted by Gasteiger charge is 2.40. The highest BCUT2D eigenvalue weighted by atomic mass is 35.5. The van der Waals surface area contributed by atoms with E-state index in [4.69, 9.17) is 21.1 Å². The largest absolute Gasteiger partial charge is 0.487 e. The molecule has 0 amide bonds. The molecule has 216 valence electrons. The van der Waals surface area contributed by atoms with E-state index in [-0.39, 0.29) is 12.5 Å². The van der Waals surface area contributed by atoms with Crippen molar-refractivity contribution in [3.63, 3.8) is 0 Å². The fourth-order valence-corrected chi connectivity index (χ4v) is 6.75. The Morgan fingerprint density at radius 1 is 1.07 bits per heavy atom. The predicted molar refractivity (Wildman–Crippen MR) is 158 cm³/mol. The lowest BCUT2D eigenvalue weighted by molar-refractivity contribution is -0.160. The maximum atomic E-state index is 12.4. The molecule has 4 atom stereocenters. The van der Waals surface area contributed by atoms with Crippen LogP contribution in [0.25, 0.3) is 0 Å². The molecule has 2 aromatic carbocycles. The van der Waals surface area contributed by atoms with Crippen LogP contribution in [-0.2, 0) is 28.2 Å². The topological polar surface area (TPSA) is 79.2 Å². The number of carboxylic acids is 1. The van der Waals surface area contributed by atoms with E-state index in [9.17, 15) is 15.0 Å². The van der Waals surface area contributed by atoms with Gasteiger partial charge in [-0.2, -0.15) is 0 Å². The summed E-state index contributed by atoms with van der Waals surface area (Å²) in [6.07, 6.45) is 13.3.